The number of rotatable bonds is 7. The molecule has 9 aromatic carbocycles. The first-order valence-corrected chi connectivity index (χ1v) is 19.2. The molecule has 1 nitrogen and oxygen atoms in total. The van der Waals surface area contributed by atoms with Crippen molar-refractivity contribution in [1.29, 1.82) is 0 Å². The number of nitrogens with zero attached hydrogens (tertiary/aromatic N) is 1. The van der Waals surface area contributed by atoms with E-state index in [4.69, 9.17) is 0 Å². The lowest BCUT2D eigenvalue weighted by Crippen LogP contribution is -2.11. The standard InChI is InChI=1S/C52H35NS/c1-2-13-36(14-3-1)40-17-10-18-41(35-40)37-27-31-42(32-28-37)53(49-24-8-6-20-47(49)46-23-11-16-38-15-4-5-19-44(38)46)43-33-29-39(30-34-43)45-22-12-26-51-52(45)48-21-7-9-25-50(48)54-51/h1-35H. The molecule has 10 aromatic rings. The lowest BCUT2D eigenvalue weighted by Gasteiger charge is -2.28. The second kappa shape index (κ2) is 13.7. The molecule has 10 rings (SSSR count). The predicted octanol–water partition coefficient (Wildman–Crippen LogP) is 15.3. The summed E-state index contributed by atoms with van der Waals surface area (Å²) < 4.78 is 2.64. The van der Waals surface area contributed by atoms with Gasteiger partial charge in [0.2, 0.25) is 0 Å². The first kappa shape index (κ1) is 32.0. The molecule has 0 aliphatic heterocycles. The largest absolute Gasteiger partial charge is 0.310 e. The van der Waals surface area contributed by atoms with Gasteiger partial charge in [0.15, 0.2) is 0 Å². The number of fused-ring (bicyclic) bond motifs is 4. The molecule has 0 aliphatic rings. The van der Waals surface area contributed by atoms with Crippen LogP contribution in [-0.2, 0) is 0 Å². The first-order chi connectivity index (χ1) is 26.8. The van der Waals surface area contributed by atoms with Crippen LogP contribution in [0.25, 0.3) is 75.5 Å². The van der Waals surface area contributed by atoms with Gasteiger partial charge >= 0.3 is 0 Å². The van der Waals surface area contributed by atoms with Gasteiger partial charge in [-0.15, -0.1) is 11.3 Å². The van der Waals surface area contributed by atoms with E-state index in [-0.39, 0.29) is 0 Å². The highest BCUT2D eigenvalue weighted by molar-refractivity contribution is 7.25. The van der Waals surface area contributed by atoms with E-state index in [1.165, 1.54) is 75.5 Å². The number of benzene rings is 9. The van der Waals surface area contributed by atoms with Gasteiger partial charge in [0.25, 0.3) is 0 Å². The Morgan fingerprint density at radius 3 is 1.63 bits per heavy atom. The molecule has 0 saturated heterocycles. The van der Waals surface area contributed by atoms with Crippen molar-refractivity contribution in [2.45, 2.75) is 0 Å². The minimum absolute atomic E-state index is 1.10. The van der Waals surface area contributed by atoms with Crippen molar-refractivity contribution in [1.82, 2.24) is 0 Å². The number of thiophene rings is 1. The summed E-state index contributed by atoms with van der Waals surface area (Å²) in [5.41, 5.74) is 13.0. The molecule has 0 N–H and O–H groups in total. The van der Waals surface area contributed by atoms with Gasteiger partial charge in [-0.3, -0.25) is 0 Å². The highest BCUT2D eigenvalue weighted by atomic mass is 32.1. The van der Waals surface area contributed by atoms with E-state index in [0.717, 1.165) is 17.1 Å². The molecule has 2 heteroatoms. The molecule has 54 heavy (non-hydrogen) atoms. The molecule has 0 bridgehead atoms. The second-order valence-corrected chi connectivity index (χ2v) is 14.8. The highest BCUT2D eigenvalue weighted by Crippen LogP contribution is 2.45. The summed E-state index contributed by atoms with van der Waals surface area (Å²) in [6.07, 6.45) is 0. The lowest BCUT2D eigenvalue weighted by atomic mass is 9.95. The van der Waals surface area contributed by atoms with Crippen LogP contribution in [0.3, 0.4) is 0 Å². The van der Waals surface area contributed by atoms with Crippen molar-refractivity contribution in [3.05, 3.63) is 212 Å². The van der Waals surface area contributed by atoms with E-state index < -0.39 is 0 Å². The Labute approximate surface area is 319 Å². The zero-order valence-corrected chi connectivity index (χ0v) is 30.4. The Kier molecular flexibility index (Phi) is 8.09. The molecule has 1 heterocycles. The average molecular weight is 706 g/mol. The summed E-state index contributed by atoms with van der Waals surface area (Å²) in [5, 5.41) is 5.12. The molecule has 0 saturated carbocycles. The van der Waals surface area contributed by atoms with E-state index in [0.29, 0.717) is 0 Å². The Balaban J connectivity index is 1.10. The number of hydrogen-bond acceptors (Lipinski definition) is 2. The van der Waals surface area contributed by atoms with Gasteiger partial charge in [0, 0.05) is 37.1 Å². The summed E-state index contributed by atoms with van der Waals surface area (Å²) in [7, 11) is 0. The van der Waals surface area contributed by atoms with Gasteiger partial charge in [0.05, 0.1) is 5.69 Å². The fraction of sp³-hybridized carbons (Fsp3) is 0. The number of hydrogen-bond donors (Lipinski definition) is 0. The van der Waals surface area contributed by atoms with Crippen LogP contribution in [0.4, 0.5) is 17.1 Å². The molecule has 0 radical (unpaired) electrons. The fourth-order valence-electron chi connectivity index (χ4n) is 7.90. The minimum Gasteiger partial charge on any atom is -0.310 e. The molecule has 0 fully saturated rings. The van der Waals surface area contributed by atoms with Crippen molar-refractivity contribution < 1.29 is 0 Å². The SMILES string of the molecule is c1ccc(-c2cccc(-c3ccc(N(c4ccc(-c5cccc6sc7ccccc7c56)cc4)c4ccccc4-c4cccc5ccccc45)cc3)c2)cc1. The maximum atomic E-state index is 2.41. The smallest absolute Gasteiger partial charge is 0.0540 e. The minimum atomic E-state index is 1.10. The topological polar surface area (TPSA) is 3.24 Å². The van der Waals surface area contributed by atoms with Gasteiger partial charge < -0.3 is 4.90 Å². The maximum absolute atomic E-state index is 2.41. The molecule has 0 amide bonds. The van der Waals surface area contributed by atoms with Crippen LogP contribution >= 0.6 is 11.3 Å². The van der Waals surface area contributed by atoms with Gasteiger partial charge in [-0.05, 0) is 98.2 Å². The Morgan fingerprint density at radius 2 is 0.833 bits per heavy atom. The van der Waals surface area contributed by atoms with Crippen molar-refractivity contribution in [2.24, 2.45) is 0 Å². The third kappa shape index (κ3) is 5.74. The van der Waals surface area contributed by atoms with Crippen molar-refractivity contribution in [2.75, 3.05) is 4.90 Å². The predicted molar refractivity (Wildman–Crippen MR) is 233 cm³/mol. The summed E-state index contributed by atoms with van der Waals surface area (Å²) >= 11 is 1.86. The fourth-order valence-corrected chi connectivity index (χ4v) is 9.03. The zero-order chi connectivity index (χ0) is 35.8. The van der Waals surface area contributed by atoms with E-state index in [1.807, 2.05) is 11.3 Å². The summed E-state index contributed by atoms with van der Waals surface area (Å²) in [4.78, 5) is 2.41. The summed E-state index contributed by atoms with van der Waals surface area (Å²) in [5.74, 6) is 0. The highest BCUT2D eigenvalue weighted by Gasteiger charge is 2.19. The van der Waals surface area contributed by atoms with Crippen LogP contribution in [-0.4, -0.2) is 0 Å². The van der Waals surface area contributed by atoms with Crippen molar-refractivity contribution >= 4 is 59.3 Å². The van der Waals surface area contributed by atoms with Gasteiger partial charge in [-0.1, -0.05) is 164 Å². The van der Waals surface area contributed by atoms with Crippen LogP contribution in [0.5, 0.6) is 0 Å². The lowest BCUT2D eigenvalue weighted by molar-refractivity contribution is 1.28. The van der Waals surface area contributed by atoms with Gasteiger partial charge in [-0.25, -0.2) is 0 Å². The van der Waals surface area contributed by atoms with E-state index in [2.05, 4.69) is 217 Å². The van der Waals surface area contributed by atoms with Crippen LogP contribution in [0.1, 0.15) is 0 Å². The Bertz CT molecular complexity index is 2920. The molecule has 0 unspecified atom stereocenters. The normalized spacial score (nSPS) is 11.3. The molecular weight excluding hydrogens is 671 g/mol. The van der Waals surface area contributed by atoms with Crippen LogP contribution in [0.2, 0.25) is 0 Å². The average Bonchev–Trinajstić information content (AvgIpc) is 3.64. The number of anilines is 3. The second-order valence-electron chi connectivity index (χ2n) is 13.7. The van der Waals surface area contributed by atoms with Crippen molar-refractivity contribution in [3.63, 3.8) is 0 Å². The zero-order valence-electron chi connectivity index (χ0n) is 29.6. The van der Waals surface area contributed by atoms with Gasteiger partial charge in [-0.2, -0.15) is 0 Å². The van der Waals surface area contributed by atoms with Crippen LogP contribution in [0.15, 0.2) is 212 Å². The third-order valence-electron chi connectivity index (χ3n) is 10.5. The maximum Gasteiger partial charge on any atom is 0.0540 e. The molecule has 0 atom stereocenters. The summed E-state index contributed by atoms with van der Waals surface area (Å²) in [6, 6.07) is 77.1. The van der Waals surface area contributed by atoms with E-state index >= 15 is 0 Å². The molecule has 0 aliphatic carbocycles. The van der Waals surface area contributed by atoms with Crippen LogP contribution in [0, 0.1) is 0 Å². The quantitative estimate of drug-likeness (QED) is 0.160. The molecule has 254 valence electrons. The first-order valence-electron chi connectivity index (χ1n) is 18.4. The van der Waals surface area contributed by atoms with Crippen LogP contribution < -0.4 is 4.90 Å². The molecular formula is C52H35NS. The Morgan fingerprint density at radius 1 is 0.315 bits per heavy atom. The Hall–Kier alpha value is -6.74. The summed E-state index contributed by atoms with van der Waals surface area (Å²) in [6.45, 7) is 0. The van der Waals surface area contributed by atoms with E-state index in [1.54, 1.807) is 0 Å². The van der Waals surface area contributed by atoms with Gasteiger partial charge in [0.1, 0.15) is 0 Å². The molecule has 1 aromatic heterocycles. The number of para-hydroxylation sites is 1. The molecule has 0 spiro atoms. The van der Waals surface area contributed by atoms with Crippen molar-refractivity contribution in [3.8, 4) is 44.5 Å². The van der Waals surface area contributed by atoms with E-state index in [9.17, 15) is 0 Å². The third-order valence-corrected chi connectivity index (χ3v) is 11.6. The monoisotopic (exact) mass is 705 g/mol.